The maximum atomic E-state index is 12.4. The third-order valence-electron chi connectivity index (χ3n) is 4.32. The van der Waals surface area contributed by atoms with Crippen molar-refractivity contribution in [2.75, 3.05) is 13.1 Å². The minimum Gasteiger partial charge on any atom is -0.481 e. The Morgan fingerprint density at radius 2 is 2.05 bits per heavy atom. The summed E-state index contributed by atoms with van der Waals surface area (Å²) in [5.74, 6) is -0.139. The molecule has 5 heteroatoms. The monoisotopic (exact) mass is 298 g/mol. The van der Waals surface area contributed by atoms with E-state index < -0.39 is 5.97 Å². The number of amides is 1. The van der Waals surface area contributed by atoms with E-state index in [4.69, 9.17) is 10.8 Å². The van der Waals surface area contributed by atoms with Crippen molar-refractivity contribution in [1.82, 2.24) is 4.90 Å². The van der Waals surface area contributed by atoms with Crippen LogP contribution in [0.4, 0.5) is 0 Å². The van der Waals surface area contributed by atoms with E-state index in [-0.39, 0.29) is 24.3 Å². The Labute approximate surface area is 127 Å². The van der Waals surface area contributed by atoms with Gasteiger partial charge < -0.3 is 15.7 Å². The zero-order chi connectivity index (χ0) is 15.8. The summed E-state index contributed by atoms with van der Waals surface area (Å²) in [6, 6.07) is 0.197. The number of piperidine rings is 1. The summed E-state index contributed by atoms with van der Waals surface area (Å²) < 4.78 is 0. The molecule has 1 rings (SSSR count). The lowest BCUT2D eigenvalue weighted by molar-refractivity contribution is -0.138. The lowest BCUT2D eigenvalue weighted by Gasteiger charge is -2.34. The van der Waals surface area contributed by atoms with Crippen molar-refractivity contribution in [2.24, 2.45) is 17.6 Å². The highest BCUT2D eigenvalue weighted by Gasteiger charge is 2.26. The van der Waals surface area contributed by atoms with Gasteiger partial charge in [0.05, 0.1) is 0 Å². The maximum Gasteiger partial charge on any atom is 0.303 e. The molecule has 1 saturated heterocycles. The van der Waals surface area contributed by atoms with Gasteiger partial charge in [0.15, 0.2) is 0 Å². The number of likely N-dealkylation sites (tertiary alicyclic amines) is 1. The summed E-state index contributed by atoms with van der Waals surface area (Å²) in [5.41, 5.74) is 5.73. The fourth-order valence-corrected chi connectivity index (χ4v) is 3.01. The van der Waals surface area contributed by atoms with E-state index in [0.717, 1.165) is 45.2 Å². The molecule has 3 unspecified atom stereocenters. The van der Waals surface area contributed by atoms with Crippen molar-refractivity contribution in [3.8, 4) is 0 Å². The number of hydrogen-bond donors (Lipinski definition) is 2. The number of aliphatic carboxylic acids is 1. The van der Waals surface area contributed by atoms with E-state index in [0.29, 0.717) is 12.3 Å². The molecule has 0 aromatic carbocycles. The van der Waals surface area contributed by atoms with Gasteiger partial charge in [0.2, 0.25) is 5.91 Å². The summed E-state index contributed by atoms with van der Waals surface area (Å²) in [4.78, 5) is 25.0. The van der Waals surface area contributed by atoms with E-state index in [9.17, 15) is 9.59 Å². The number of hydrogen-bond acceptors (Lipinski definition) is 3. The molecule has 3 N–H and O–H groups in total. The van der Waals surface area contributed by atoms with E-state index in [1.54, 1.807) is 0 Å². The first-order valence-electron chi connectivity index (χ1n) is 8.16. The van der Waals surface area contributed by atoms with Crippen molar-refractivity contribution in [3.05, 3.63) is 0 Å². The van der Waals surface area contributed by atoms with Crippen LogP contribution in [0.25, 0.3) is 0 Å². The molecule has 1 aliphatic rings. The Balaban J connectivity index is 2.36. The van der Waals surface area contributed by atoms with E-state index in [2.05, 4.69) is 0 Å². The average molecular weight is 298 g/mol. The number of rotatable bonds is 8. The van der Waals surface area contributed by atoms with Crippen LogP contribution in [0.3, 0.4) is 0 Å². The summed E-state index contributed by atoms with van der Waals surface area (Å²) in [5, 5.41) is 8.76. The van der Waals surface area contributed by atoms with E-state index in [1.165, 1.54) is 0 Å². The van der Waals surface area contributed by atoms with Gasteiger partial charge in [-0.1, -0.05) is 13.3 Å². The first-order chi connectivity index (χ1) is 9.90. The Kier molecular flexibility index (Phi) is 7.72. The van der Waals surface area contributed by atoms with Crippen LogP contribution in [0.2, 0.25) is 0 Å². The number of carbonyl (C=O) groups excluding carboxylic acids is 1. The molecule has 0 saturated carbocycles. The second-order valence-corrected chi connectivity index (χ2v) is 6.53. The highest BCUT2D eigenvalue weighted by molar-refractivity contribution is 5.78. The van der Waals surface area contributed by atoms with Crippen molar-refractivity contribution in [2.45, 2.75) is 64.8 Å². The third kappa shape index (κ3) is 6.93. The first kappa shape index (κ1) is 18.0. The summed E-state index contributed by atoms with van der Waals surface area (Å²) in [7, 11) is 0. The van der Waals surface area contributed by atoms with Gasteiger partial charge in [-0.15, -0.1) is 0 Å². The minimum absolute atomic E-state index is 0.0435. The number of nitrogens with zero attached hydrogens (tertiary/aromatic N) is 1. The second-order valence-electron chi connectivity index (χ2n) is 6.53. The van der Waals surface area contributed by atoms with Crippen molar-refractivity contribution >= 4 is 11.9 Å². The number of nitrogens with two attached hydrogens (primary N) is 1. The van der Waals surface area contributed by atoms with Crippen LogP contribution in [0, 0.1) is 11.8 Å². The number of carboxylic acids is 1. The van der Waals surface area contributed by atoms with Crippen LogP contribution in [0.15, 0.2) is 0 Å². The largest absolute Gasteiger partial charge is 0.481 e. The molecule has 1 heterocycles. The lowest BCUT2D eigenvalue weighted by Crippen LogP contribution is -2.42. The molecular weight excluding hydrogens is 268 g/mol. The third-order valence-corrected chi connectivity index (χ3v) is 4.32. The topological polar surface area (TPSA) is 83.6 Å². The van der Waals surface area contributed by atoms with Gasteiger partial charge in [-0.25, -0.2) is 0 Å². The predicted octanol–water partition coefficient (Wildman–Crippen LogP) is 2.24. The Morgan fingerprint density at radius 1 is 1.33 bits per heavy atom. The Hall–Kier alpha value is -1.10. The second kappa shape index (κ2) is 9.03. The molecule has 122 valence electrons. The van der Waals surface area contributed by atoms with Crippen LogP contribution in [-0.4, -0.2) is 41.0 Å². The van der Waals surface area contributed by atoms with E-state index in [1.807, 2.05) is 18.7 Å². The zero-order valence-electron chi connectivity index (χ0n) is 13.4. The molecule has 0 aromatic heterocycles. The smallest absolute Gasteiger partial charge is 0.303 e. The summed E-state index contributed by atoms with van der Waals surface area (Å²) in [6.07, 6.45) is 5.74. The van der Waals surface area contributed by atoms with Gasteiger partial charge in [0, 0.05) is 31.5 Å². The van der Waals surface area contributed by atoms with Crippen molar-refractivity contribution in [1.29, 1.82) is 0 Å². The van der Waals surface area contributed by atoms with Crippen LogP contribution in [0.5, 0.6) is 0 Å². The molecule has 0 spiro atoms. The molecule has 5 nitrogen and oxygen atoms in total. The predicted molar refractivity (Wildman–Crippen MR) is 82.8 cm³/mol. The molecule has 0 radical (unpaired) electrons. The van der Waals surface area contributed by atoms with Crippen molar-refractivity contribution < 1.29 is 14.7 Å². The molecule has 1 aliphatic heterocycles. The number of carbonyl (C=O) groups is 2. The SMILES string of the molecule is CC(N)CCCC(C)C(=O)N1CCCC(CCC(=O)O)C1. The number of carboxylic acid groups (broad SMARTS) is 1. The van der Waals surface area contributed by atoms with Crippen LogP contribution in [0.1, 0.15) is 58.8 Å². The summed E-state index contributed by atoms with van der Waals surface area (Å²) in [6.45, 7) is 5.53. The van der Waals surface area contributed by atoms with Gasteiger partial charge in [-0.05, 0) is 44.9 Å². The van der Waals surface area contributed by atoms with Crippen LogP contribution < -0.4 is 5.73 Å². The molecule has 21 heavy (non-hydrogen) atoms. The lowest BCUT2D eigenvalue weighted by atomic mass is 9.92. The van der Waals surface area contributed by atoms with Gasteiger partial charge in [0.25, 0.3) is 0 Å². The summed E-state index contributed by atoms with van der Waals surface area (Å²) >= 11 is 0. The molecule has 0 aliphatic carbocycles. The van der Waals surface area contributed by atoms with Gasteiger partial charge in [-0.3, -0.25) is 9.59 Å². The van der Waals surface area contributed by atoms with Gasteiger partial charge >= 0.3 is 5.97 Å². The minimum atomic E-state index is -0.747. The quantitative estimate of drug-likeness (QED) is 0.720. The van der Waals surface area contributed by atoms with Crippen LogP contribution >= 0.6 is 0 Å². The molecular formula is C16H30N2O3. The molecule has 0 bridgehead atoms. The molecule has 1 amide bonds. The highest BCUT2D eigenvalue weighted by atomic mass is 16.4. The maximum absolute atomic E-state index is 12.4. The molecule has 3 atom stereocenters. The van der Waals surface area contributed by atoms with Crippen molar-refractivity contribution in [3.63, 3.8) is 0 Å². The van der Waals surface area contributed by atoms with Crippen LogP contribution in [-0.2, 0) is 9.59 Å². The van der Waals surface area contributed by atoms with Gasteiger partial charge in [-0.2, -0.15) is 0 Å². The highest BCUT2D eigenvalue weighted by Crippen LogP contribution is 2.23. The Morgan fingerprint density at radius 3 is 2.67 bits per heavy atom. The van der Waals surface area contributed by atoms with E-state index >= 15 is 0 Å². The standard InChI is InChI=1S/C16H30N2O3/c1-12(5-3-6-13(2)17)16(21)18-10-4-7-14(11-18)8-9-15(19)20/h12-14H,3-11,17H2,1-2H3,(H,19,20). The zero-order valence-corrected chi connectivity index (χ0v) is 13.4. The molecule has 1 fully saturated rings. The van der Waals surface area contributed by atoms with Gasteiger partial charge in [0.1, 0.15) is 0 Å². The Bertz CT molecular complexity index is 344. The average Bonchev–Trinajstić information content (AvgIpc) is 2.44. The fourth-order valence-electron chi connectivity index (χ4n) is 3.01. The first-order valence-corrected chi connectivity index (χ1v) is 8.16. The molecule has 0 aromatic rings. The fraction of sp³-hybridized carbons (Fsp3) is 0.875. The normalized spacial score (nSPS) is 21.9.